The Morgan fingerprint density at radius 3 is 2.29 bits per heavy atom. The van der Waals surface area contributed by atoms with Crippen molar-refractivity contribution >= 4 is 17.2 Å². The minimum absolute atomic E-state index is 0.0755. The van der Waals surface area contributed by atoms with E-state index in [-0.39, 0.29) is 17.4 Å². The summed E-state index contributed by atoms with van der Waals surface area (Å²) in [5.74, 6) is 0.716. The van der Waals surface area contributed by atoms with Gasteiger partial charge in [-0.1, -0.05) is 97.4 Å². The van der Waals surface area contributed by atoms with Crippen molar-refractivity contribution in [1.29, 1.82) is 0 Å². The molecule has 0 N–H and O–H groups in total. The second-order valence-corrected chi connectivity index (χ2v) is 9.82. The molecule has 2 heterocycles. The van der Waals surface area contributed by atoms with Gasteiger partial charge in [0.25, 0.3) is 0 Å². The highest BCUT2D eigenvalue weighted by Gasteiger charge is 2.57. The van der Waals surface area contributed by atoms with E-state index in [4.69, 9.17) is 4.99 Å². The Morgan fingerprint density at radius 2 is 1.50 bits per heavy atom. The first kappa shape index (κ1) is 19.7. The fourth-order valence-electron chi connectivity index (χ4n) is 6.64. The normalized spacial score (nSPS) is 27.0. The van der Waals surface area contributed by atoms with Crippen LogP contribution < -0.4 is 0 Å². The van der Waals surface area contributed by atoms with Crippen molar-refractivity contribution in [2.24, 2.45) is 10.9 Å². The first-order valence-electron chi connectivity index (χ1n) is 12.3. The third-order valence-corrected chi connectivity index (χ3v) is 8.06. The van der Waals surface area contributed by atoms with Crippen LogP contribution in [0.4, 0.5) is 0 Å². The van der Waals surface area contributed by atoms with Crippen LogP contribution in [-0.4, -0.2) is 22.1 Å². The van der Waals surface area contributed by atoms with Crippen LogP contribution in [0, 0.1) is 5.92 Å². The van der Waals surface area contributed by atoms with Crippen LogP contribution in [0.25, 0.3) is 5.70 Å². The van der Waals surface area contributed by atoms with Crippen molar-refractivity contribution in [3.05, 3.63) is 125 Å². The summed E-state index contributed by atoms with van der Waals surface area (Å²) in [6, 6.07) is 29.5. The van der Waals surface area contributed by atoms with Crippen LogP contribution in [0.3, 0.4) is 0 Å². The quantitative estimate of drug-likeness (QED) is 0.448. The van der Waals surface area contributed by atoms with E-state index in [0.29, 0.717) is 5.92 Å². The lowest BCUT2D eigenvalue weighted by Gasteiger charge is -2.53. The van der Waals surface area contributed by atoms with Gasteiger partial charge in [0.2, 0.25) is 0 Å². The molecule has 166 valence electrons. The van der Waals surface area contributed by atoms with Gasteiger partial charge in [0, 0.05) is 34.7 Å². The summed E-state index contributed by atoms with van der Waals surface area (Å²) in [6.07, 6.45) is 8.79. The SMILES string of the molecule is O=C1C=C2C(=N[C@]34CCCC[C@H]3[C@H](c3ccccc3)C=C(c3ccccc3)N24)c2ccccc21. The van der Waals surface area contributed by atoms with Crippen molar-refractivity contribution in [3.63, 3.8) is 0 Å². The monoisotopic (exact) mass is 442 g/mol. The molecule has 3 aromatic rings. The highest BCUT2D eigenvalue weighted by atomic mass is 16.1. The van der Waals surface area contributed by atoms with Crippen molar-refractivity contribution in [1.82, 2.24) is 4.90 Å². The Bertz CT molecular complexity index is 1390. The number of aliphatic imine (C=N–C) groups is 1. The molecule has 4 aliphatic rings. The lowest BCUT2D eigenvalue weighted by Crippen LogP contribution is -2.54. The molecular weight excluding hydrogens is 416 g/mol. The van der Waals surface area contributed by atoms with Crippen LogP contribution in [0.15, 0.2) is 108 Å². The average Bonchev–Trinajstić information content (AvgIpc) is 3.23. The van der Waals surface area contributed by atoms with Crippen LogP contribution >= 0.6 is 0 Å². The maximum atomic E-state index is 13.2. The lowest BCUT2D eigenvalue weighted by atomic mass is 9.66. The smallest absolute Gasteiger partial charge is 0.188 e. The number of hydrogen-bond acceptors (Lipinski definition) is 3. The first-order valence-corrected chi connectivity index (χ1v) is 12.3. The zero-order chi connectivity index (χ0) is 22.7. The molecule has 0 aromatic heterocycles. The lowest BCUT2D eigenvalue weighted by molar-refractivity contribution is 0.0683. The molecule has 1 fully saturated rings. The molecule has 3 aromatic carbocycles. The molecule has 34 heavy (non-hydrogen) atoms. The van der Waals surface area contributed by atoms with Gasteiger partial charge in [0.05, 0.1) is 11.4 Å². The summed E-state index contributed by atoms with van der Waals surface area (Å²) in [4.78, 5) is 21.2. The van der Waals surface area contributed by atoms with E-state index in [9.17, 15) is 4.79 Å². The first-order chi connectivity index (χ1) is 16.8. The molecule has 0 amide bonds. The number of carbonyl (C=O) groups is 1. The molecule has 0 saturated heterocycles. The number of nitrogens with zero attached hydrogens (tertiary/aromatic N) is 2. The maximum Gasteiger partial charge on any atom is 0.188 e. The number of fused-ring (bicyclic) bond motifs is 4. The summed E-state index contributed by atoms with van der Waals surface area (Å²) < 4.78 is 0. The number of rotatable bonds is 2. The van der Waals surface area contributed by atoms with E-state index >= 15 is 0 Å². The second-order valence-electron chi connectivity index (χ2n) is 9.82. The molecule has 3 heteroatoms. The minimum atomic E-state index is -0.364. The molecule has 0 bridgehead atoms. The van der Waals surface area contributed by atoms with Crippen molar-refractivity contribution in [2.75, 3.05) is 0 Å². The van der Waals surface area contributed by atoms with Crippen LogP contribution in [0.5, 0.6) is 0 Å². The minimum Gasteiger partial charge on any atom is -0.313 e. The third kappa shape index (κ3) is 2.70. The van der Waals surface area contributed by atoms with Crippen molar-refractivity contribution in [2.45, 2.75) is 37.3 Å². The highest BCUT2D eigenvalue weighted by molar-refractivity contribution is 6.27. The van der Waals surface area contributed by atoms with Crippen molar-refractivity contribution < 1.29 is 4.79 Å². The van der Waals surface area contributed by atoms with E-state index in [1.165, 1.54) is 23.2 Å². The molecule has 0 radical (unpaired) electrons. The van der Waals surface area contributed by atoms with E-state index in [0.717, 1.165) is 41.8 Å². The van der Waals surface area contributed by atoms with E-state index in [1.54, 1.807) is 0 Å². The Labute approximate surface area is 200 Å². The van der Waals surface area contributed by atoms with Crippen LogP contribution in [0.1, 0.15) is 58.6 Å². The molecule has 1 saturated carbocycles. The standard InChI is InChI=1S/C31H26N2O/c34-29-20-28-30(24-16-8-7-15-23(24)29)32-31-18-10-9-17-26(31)25(21-11-3-1-4-12-21)19-27(33(28)31)22-13-5-2-6-14-22/h1-8,11-16,19-20,25-26H,9-10,17-18H2/t25-,26-,31-/m0/s1. The predicted octanol–water partition coefficient (Wildman–Crippen LogP) is 6.60. The highest BCUT2D eigenvalue weighted by Crippen LogP contribution is 2.58. The molecular formula is C31H26N2O. The molecule has 3 atom stereocenters. The summed E-state index contributed by atoms with van der Waals surface area (Å²) >= 11 is 0. The van der Waals surface area contributed by atoms with E-state index < -0.39 is 0 Å². The van der Waals surface area contributed by atoms with Gasteiger partial charge in [-0.25, -0.2) is 0 Å². The largest absolute Gasteiger partial charge is 0.313 e. The summed E-state index contributed by atoms with van der Waals surface area (Å²) in [5, 5.41) is 0. The number of carbonyl (C=O) groups excluding carboxylic acids is 1. The summed E-state index contributed by atoms with van der Waals surface area (Å²) in [6.45, 7) is 0. The van der Waals surface area contributed by atoms with E-state index in [2.05, 4.69) is 77.7 Å². The van der Waals surface area contributed by atoms with Crippen LogP contribution in [-0.2, 0) is 0 Å². The average molecular weight is 443 g/mol. The third-order valence-electron chi connectivity index (χ3n) is 8.06. The fraction of sp³-hybridized carbons (Fsp3) is 0.226. The van der Waals surface area contributed by atoms with Crippen molar-refractivity contribution in [3.8, 4) is 0 Å². The summed E-state index contributed by atoms with van der Waals surface area (Å²) in [7, 11) is 0. The number of hydrogen-bond donors (Lipinski definition) is 0. The molecule has 1 spiro atoms. The van der Waals surface area contributed by atoms with Gasteiger partial charge < -0.3 is 4.90 Å². The van der Waals surface area contributed by atoms with Gasteiger partial charge in [0.15, 0.2) is 5.78 Å². The topological polar surface area (TPSA) is 32.7 Å². The Hall–Kier alpha value is -3.72. The van der Waals surface area contributed by atoms with Gasteiger partial charge in [-0.15, -0.1) is 0 Å². The van der Waals surface area contributed by atoms with Gasteiger partial charge in [-0.05, 0) is 30.4 Å². The van der Waals surface area contributed by atoms with Gasteiger partial charge in [-0.2, -0.15) is 0 Å². The Kier molecular flexibility index (Phi) is 4.29. The number of allylic oxidation sites excluding steroid dienone is 3. The second kappa shape index (κ2) is 7.39. The molecule has 2 aliphatic heterocycles. The summed E-state index contributed by atoms with van der Waals surface area (Å²) in [5.41, 5.74) is 7.02. The molecule has 2 aliphatic carbocycles. The van der Waals surface area contributed by atoms with E-state index in [1.807, 2.05) is 24.3 Å². The van der Waals surface area contributed by atoms with Gasteiger partial charge >= 0.3 is 0 Å². The zero-order valence-electron chi connectivity index (χ0n) is 19.0. The Balaban J connectivity index is 1.51. The number of benzene rings is 3. The zero-order valence-corrected chi connectivity index (χ0v) is 19.0. The maximum absolute atomic E-state index is 13.2. The van der Waals surface area contributed by atoms with Crippen LogP contribution in [0.2, 0.25) is 0 Å². The van der Waals surface area contributed by atoms with Gasteiger partial charge in [0.1, 0.15) is 5.66 Å². The molecule has 7 rings (SSSR count). The molecule has 3 nitrogen and oxygen atoms in total. The predicted molar refractivity (Wildman–Crippen MR) is 136 cm³/mol. The fourth-order valence-corrected chi connectivity index (χ4v) is 6.64. The van der Waals surface area contributed by atoms with Gasteiger partial charge in [-0.3, -0.25) is 9.79 Å². The Morgan fingerprint density at radius 1 is 0.794 bits per heavy atom. The molecule has 0 unspecified atom stereocenters. The number of ketones is 1.